The summed E-state index contributed by atoms with van der Waals surface area (Å²) in [6.45, 7) is 2.64. The van der Waals surface area contributed by atoms with Crippen LogP contribution < -0.4 is 10.5 Å². The summed E-state index contributed by atoms with van der Waals surface area (Å²) >= 11 is 1.65. The van der Waals surface area contributed by atoms with E-state index in [-0.39, 0.29) is 11.8 Å². The highest BCUT2D eigenvalue weighted by Crippen LogP contribution is 2.12. The fourth-order valence-corrected chi connectivity index (χ4v) is 2.25. The summed E-state index contributed by atoms with van der Waals surface area (Å²) in [5, 5.41) is 0. The molecule has 0 saturated carbocycles. The van der Waals surface area contributed by atoms with Gasteiger partial charge >= 0.3 is 5.97 Å². The van der Waals surface area contributed by atoms with Crippen molar-refractivity contribution < 1.29 is 18.7 Å². The minimum absolute atomic E-state index is 0.278. The molecule has 112 valence electrons. The molecule has 0 aliphatic carbocycles. The number of benzene rings is 1. The number of rotatable bonds is 9. The van der Waals surface area contributed by atoms with E-state index < -0.39 is 6.04 Å². The smallest absolute Gasteiger partial charge is 0.322 e. The third kappa shape index (κ3) is 6.77. The molecule has 4 nitrogen and oxygen atoms in total. The summed E-state index contributed by atoms with van der Waals surface area (Å²) in [5.74, 6) is 1.57. The second-order valence-corrected chi connectivity index (χ2v) is 5.29. The Kier molecular flexibility index (Phi) is 8.06. The topological polar surface area (TPSA) is 61.5 Å². The van der Waals surface area contributed by atoms with Crippen LogP contribution in [0, 0.1) is 5.82 Å². The van der Waals surface area contributed by atoms with Crippen molar-refractivity contribution in [3.63, 3.8) is 0 Å². The molecule has 0 heterocycles. The second kappa shape index (κ2) is 9.61. The first-order valence-electron chi connectivity index (χ1n) is 6.51. The molecule has 1 unspecified atom stereocenters. The molecule has 1 aromatic rings. The highest BCUT2D eigenvalue weighted by atomic mass is 32.2. The Morgan fingerprint density at radius 2 is 2.05 bits per heavy atom. The predicted octanol–water partition coefficient (Wildman–Crippen LogP) is 2.22. The molecule has 0 amide bonds. The largest absolute Gasteiger partial charge is 0.493 e. The first-order valence-corrected chi connectivity index (χ1v) is 7.67. The van der Waals surface area contributed by atoms with Gasteiger partial charge in [-0.3, -0.25) is 4.79 Å². The van der Waals surface area contributed by atoms with Gasteiger partial charge in [0.2, 0.25) is 0 Å². The highest BCUT2D eigenvalue weighted by molar-refractivity contribution is 7.99. The Balaban J connectivity index is 2.05. The number of hydrogen-bond acceptors (Lipinski definition) is 5. The Labute approximate surface area is 122 Å². The highest BCUT2D eigenvalue weighted by Gasteiger charge is 2.13. The molecule has 0 aliphatic heterocycles. The molecule has 1 rings (SSSR count). The minimum Gasteiger partial charge on any atom is -0.493 e. The molecule has 2 N–H and O–H groups in total. The van der Waals surface area contributed by atoms with Gasteiger partial charge in [-0.15, -0.1) is 0 Å². The van der Waals surface area contributed by atoms with Crippen molar-refractivity contribution in [1.29, 1.82) is 0 Å². The number of halogens is 1. The quantitative estimate of drug-likeness (QED) is 0.560. The number of hydrogen-bond donors (Lipinski definition) is 1. The zero-order valence-corrected chi connectivity index (χ0v) is 12.3. The molecule has 1 aromatic carbocycles. The van der Waals surface area contributed by atoms with Crippen LogP contribution in [0.3, 0.4) is 0 Å². The molecule has 0 bridgehead atoms. The van der Waals surface area contributed by atoms with E-state index in [1.807, 2.05) is 0 Å². The lowest BCUT2D eigenvalue weighted by Gasteiger charge is -2.10. The molecule has 0 fully saturated rings. The lowest BCUT2D eigenvalue weighted by molar-refractivity contribution is -0.144. The van der Waals surface area contributed by atoms with Crippen LogP contribution in [0.25, 0.3) is 0 Å². The molecular formula is C14H20FNO3S. The van der Waals surface area contributed by atoms with Crippen molar-refractivity contribution in [1.82, 2.24) is 0 Å². The van der Waals surface area contributed by atoms with Gasteiger partial charge in [0.1, 0.15) is 17.6 Å². The maximum atomic E-state index is 12.7. The first kappa shape index (κ1) is 16.8. The van der Waals surface area contributed by atoms with E-state index in [1.54, 1.807) is 30.8 Å². The van der Waals surface area contributed by atoms with Gasteiger partial charge in [0, 0.05) is 5.75 Å². The zero-order chi connectivity index (χ0) is 14.8. The maximum Gasteiger partial charge on any atom is 0.322 e. The summed E-state index contributed by atoms with van der Waals surface area (Å²) < 4.78 is 22.9. The van der Waals surface area contributed by atoms with E-state index >= 15 is 0 Å². The van der Waals surface area contributed by atoms with Crippen LogP contribution in [0.1, 0.15) is 13.3 Å². The third-order valence-electron chi connectivity index (χ3n) is 2.47. The van der Waals surface area contributed by atoms with E-state index in [2.05, 4.69) is 0 Å². The van der Waals surface area contributed by atoms with Crippen LogP contribution in [0.2, 0.25) is 0 Å². The molecule has 0 aliphatic rings. The predicted molar refractivity (Wildman–Crippen MR) is 78.4 cm³/mol. The van der Waals surface area contributed by atoms with Gasteiger partial charge in [0.15, 0.2) is 0 Å². The van der Waals surface area contributed by atoms with Crippen molar-refractivity contribution >= 4 is 17.7 Å². The molecule has 0 saturated heterocycles. The zero-order valence-electron chi connectivity index (χ0n) is 11.5. The molecule has 20 heavy (non-hydrogen) atoms. The van der Waals surface area contributed by atoms with Crippen LogP contribution in [0.5, 0.6) is 5.75 Å². The van der Waals surface area contributed by atoms with Crippen molar-refractivity contribution in [3.05, 3.63) is 30.1 Å². The Morgan fingerprint density at radius 1 is 1.35 bits per heavy atom. The lowest BCUT2D eigenvalue weighted by atomic mass is 10.2. The molecule has 6 heteroatoms. The van der Waals surface area contributed by atoms with Gasteiger partial charge in [-0.25, -0.2) is 4.39 Å². The summed E-state index contributed by atoms with van der Waals surface area (Å²) in [5.41, 5.74) is 5.67. The molecule has 1 atom stereocenters. The molecule has 0 aromatic heterocycles. The third-order valence-corrected chi connectivity index (χ3v) is 3.45. The van der Waals surface area contributed by atoms with Crippen LogP contribution in [0.15, 0.2) is 24.3 Å². The molecular weight excluding hydrogens is 281 g/mol. The lowest BCUT2D eigenvalue weighted by Crippen LogP contribution is -2.32. The average molecular weight is 301 g/mol. The Morgan fingerprint density at radius 3 is 2.70 bits per heavy atom. The monoisotopic (exact) mass is 301 g/mol. The fraction of sp³-hybridized carbons (Fsp3) is 0.500. The molecule has 0 spiro atoms. The Bertz CT molecular complexity index is 400. The standard InChI is InChI=1S/C14H20FNO3S/c1-2-18-14(17)13(16)7-9-20-10-8-19-12-5-3-11(15)4-6-12/h3-6,13H,2,7-10,16H2,1H3. The van der Waals surface area contributed by atoms with E-state index in [9.17, 15) is 9.18 Å². The van der Waals surface area contributed by atoms with Crippen LogP contribution >= 0.6 is 11.8 Å². The number of carbonyl (C=O) groups excluding carboxylic acids is 1. The maximum absolute atomic E-state index is 12.7. The van der Waals surface area contributed by atoms with Gasteiger partial charge in [-0.05, 0) is 43.4 Å². The summed E-state index contributed by atoms with van der Waals surface area (Å²) in [4.78, 5) is 11.3. The van der Waals surface area contributed by atoms with Gasteiger partial charge in [-0.2, -0.15) is 11.8 Å². The van der Waals surface area contributed by atoms with Crippen LogP contribution in [-0.4, -0.2) is 36.7 Å². The SMILES string of the molecule is CCOC(=O)C(N)CCSCCOc1ccc(F)cc1. The van der Waals surface area contributed by atoms with Crippen molar-refractivity contribution in [2.75, 3.05) is 24.7 Å². The second-order valence-electron chi connectivity index (χ2n) is 4.06. The first-order chi connectivity index (χ1) is 9.63. The average Bonchev–Trinajstić information content (AvgIpc) is 2.44. The Hall–Kier alpha value is -1.27. The molecule has 0 radical (unpaired) electrons. The minimum atomic E-state index is -0.555. The van der Waals surface area contributed by atoms with Crippen molar-refractivity contribution in [2.45, 2.75) is 19.4 Å². The number of carbonyl (C=O) groups is 1. The van der Waals surface area contributed by atoms with Crippen LogP contribution in [-0.2, 0) is 9.53 Å². The van der Waals surface area contributed by atoms with Gasteiger partial charge in [0.05, 0.1) is 13.2 Å². The van der Waals surface area contributed by atoms with Crippen molar-refractivity contribution in [2.24, 2.45) is 5.73 Å². The van der Waals surface area contributed by atoms with E-state index in [1.165, 1.54) is 12.1 Å². The normalized spacial score (nSPS) is 11.9. The number of esters is 1. The van der Waals surface area contributed by atoms with Gasteiger partial charge in [0.25, 0.3) is 0 Å². The summed E-state index contributed by atoms with van der Waals surface area (Å²) in [7, 11) is 0. The van der Waals surface area contributed by atoms with Gasteiger partial charge in [-0.1, -0.05) is 0 Å². The fourth-order valence-electron chi connectivity index (χ4n) is 1.43. The van der Waals surface area contributed by atoms with E-state index in [4.69, 9.17) is 15.2 Å². The van der Waals surface area contributed by atoms with E-state index in [0.29, 0.717) is 25.4 Å². The van der Waals surface area contributed by atoms with Crippen LogP contribution in [0.4, 0.5) is 4.39 Å². The summed E-state index contributed by atoms with van der Waals surface area (Å²) in [6.07, 6.45) is 0.583. The number of thioether (sulfide) groups is 1. The number of ether oxygens (including phenoxy) is 2. The summed E-state index contributed by atoms with van der Waals surface area (Å²) in [6, 6.07) is 5.36. The van der Waals surface area contributed by atoms with Crippen molar-refractivity contribution in [3.8, 4) is 5.75 Å². The number of nitrogens with two attached hydrogens (primary N) is 1. The van der Waals surface area contributed by atoms with E-state index in [0.717, 1.165) is 11.5 Å². The van der Waals surface area contributed by atoms with Gasteiger partial charge < -0.3 is 15.2 Å².